The van der Waals surface area contributed by atoms with E-state index < -0.39 is 24.6 Å². The summed E-state index contributed by atoms with van der Waals surface area (Å²) in [4.78, 5) is 23.0. The van der Waals surface area contributed by atoms with Crippen molar-refractivity contribution < 1.29 is 50.5 Å². The third-order valence-electron chi connectivity index (χ3n) is 6.79. The van der Waals surface area contributed by atoms with Crippen LogP contribution < -0.4 is 14.8 Å². The molecule has 0 aliphatic heterocycles. The number of hydrogen-bond acceptors (Lipinski definition) is 4. The fourth-order valence-electron chi connectivity index (χ4n) is 4.74. The second kappa shape index (κ2) is 13.7. The van der Waals surface area contributed by atoms with E-state index in [0.29, 0.717) is 28.7 Å². The lowest BCUT2D eigenvalue weighted by atomic mass is 9.85. The molecule has 0 saturated heterocycles. The van der Waals surface area contributed by atoms with Gasteiger partial charge in [-0.15, -0.1) is 26.3 Å². The Balaban J connectivity index is 1.62. The van der Waals surface area contributed by atoms with Gasteiger partial charge in [0.2, 0.25) is 0 Å². The molecule has 0 aliphatic carbocycles. The maximum atomic E-state index is 12.7. The zero-order chi connectivity index (χ0) is 32.8. The van der Waals surface area contributed by atoms with Crippen molar-refractivity contribution in [3.05, 3.63) is 108 Å². The first-order valence-corrected chi connectivity index (χ1v) is 13.6. The molecule has 12 heteroatoms. The van der Waals surface area contributed by atoms with Crippen LogP contribution in [-0.2, 0) is 11.2 Å². The van der Waals surface area contributed by atoms with Gasteiger partial charge in [0.15, 0.2) is 0 Å². The zero-order valence-corrected chi connectivity index (χ0v) is 23.7. The molecule has 2 N–H and O–H groups in total. The number of halogens is 6. The molecule has 1 unspecified atom stereocenters. The Labute approximate surface area is 254 Å². The number of carboxylic acid groups (broad SMARTS) is 1. The lowest BCUT2D eigenvalue weighted by Gasteiger charge is -2.19. The van der Waals surface area contributed by atoms with Gasteiger partial charge in [-0.3, -0.25) is 9.59 Å². The maximum absolute atomic E-state index is 12.7. The van der Waals surface area contributed by atoms with Crippen molar-refractivity contribution in [3.8, 4) is 33.8 Å². The van der Waals surface area contributed by atoms with Gasteiger partial charge in [0.25, 0.3) is 5.91 Å². The van der Waals surface area contributed by atoms with Crippen molar-refractivity contribution in [1.82, 2.24) is 5.32 Å². The van der Waals surface area contributed by atoms with Crippen LogP contribution in [0.15, 0.2) is 91.0 Å². The van der Waals surface area contributed by atoms with Crippen LogP contribution >= 0.6 is 0 Å². The molecular weight excluding hydrogens is 604 g/mol. The van der Waals surface area contributed by atoms with Crippen molar-refractivity contribution in [3.63, 3.8) is 0 Å². The average Bonchev–Trinajstić information content (AvgIpc) is 2.96. The first-order chi connectivity index (χ1) is 21.2. The van der Waals surface area contributed by atoms with Gasteiger partial charge in [-0.2, -0.15) is 0 Å². The predicted octanol–water partition coefficient (Wildman–Crippen LogP) is 8.37. The first-order valence-electron chi connectivity index (χ1n) is 13.6. The Kier molecular flexibility index (Phi) is 10.1. The van der Waals surface area contributed by atoms with Gasteiger partial charge in [-0.05, 0) is 82.1 Å². The van der Waals surface area contributed by atoms with E-state index >= 15 is 0 Å². The number of nitrogens with one attached hydrogen (secondary N) is 1. The summed E-state index contributed by atoms with van der Waals surface area (Å²) in [5.41, 5.74) is 4.74. The standard InChI is InChI=1S/C33H27F6NO5/c1-20(18-21-2-4-24(5-3-21)31(43)40-17-16-30(41)42)29-19-25(22-6-11-26(12-7-22)44-32(34,35)36)10-15-28(29)23-8-13-27(14-9-23)45-33(37,38)39/h2-15,19-20H,16-18H2,1H3,(H,40,43)(H,41,42). The SMILES string of the molecule is CC(Cc1ccc(C(=O)NCCC(=O)O)cc1)c1cc(-c2ccc(OC(F)(F)F)cc2)ccc1-c1ccc(OC(F)(F)F)cc1. The van der Waals surface area contributed by atoms with E-state index in [4.69, 9.17) is 5.11 Å². The fourth-order valence-corrected chi connectivity index (χ4v) is 4.74. The van der Waals surface area contributed by atoms with Crippen molar-refractivity contribution >= 4 is 11.9 Å². The highest BCUT2D eigenvalue weighted by atomic mass is 19.4. The summed E-state index contributed by atoms with van der Waals surface area (Å²) >= 11 is 0. The molecule has 1 atom stereocenters. The molecular formula is C33H27F6NO5. The number of rotatable bonds is 11. The smallest absolute Gasteiger partial charge is 0.481 e. The largest absolute Gasteiger partial charge is 0.573 e. The van der Waals surface area contributed by atoms with E-state index in [1.165, 1.54) is 48.5 Å². The quantitative estimate of drug-likeness (QED) is 0.163. The molecule has 0 radical (unpaired) electrons. The number of hydrogen-bond donors (Lipinski definition) is 2. The molecule has 0 aromatic heterocycles. The zero-order valence-electron chi connectivity index (χ0n) is 23.7. The molecule has 0 heterocycles. The second-order valence-electron chi connectivity index (χ2n) is 10.1. The van der Waals surface area contributed by atoms with E-state index in [1.54, 1.807) is 36.4 Å². The van der Waals surface area contributed by atoms with Gasteiger partial charge in [-0.1, -0.05) is 61.5 Å². The van der Waals surface area contributed by atoms with Gasteiger partial charge in [-0.25, -0.2) is 0 Å². The van der Waals surface area contributed by atoms with Gasteiger partial charge in [0.1, 0.15) is 11.5 Å². The third kappa shape index (κ3) is 9.75. The van der Waals surface area contributed by atoms with Gasteiger partial charge < -0.3 is 19.9 Å². The second-order valence-corrected chi connectivity index (χ2v) is 10.1. The molecule has 4 aromatic carbocycles. The molecule has 6 nitrogen and oxygen atoms in total. The fraction of sp³-hybridized carbons (Fsp3) is 0.212. The number of benzene rings is 4. The Morgan fingerprint density at radius 3 is 1.76 bits per heavy atom. The maximum Gasteiger partial charge on any atom is 0.573 e. The number of amides is 1. The molecule has 0 spiro atoms. The van der Waals surface area contributed by atoms with Crippen LogP contribution in [0, 0.1) is 0 Å². The topological polar surface area (TPSA) is 84.9 Å². The molecule has 0 fully saturated rings. The monoisotopic (exact) mass is 631 g/mol. The van der Waals surface area contributed by atoms with E-state index in [2.05, 4.69) is 14.8 Å². The summed E-state index contributed by atoms with van der Waals surface area (Å²) in [5, 5.41) is 11.3. The van der Waals surface area contributed by atoms with Gasteiger partial charge in [0.05, 0.1) is 6.42 Å². The van der Waals surface area contributed by atoms with E-state index in [0.717, 1.165) is 16.7 Å². The Morgan fingerprint density at radius 2 is 1.24 bits per heavy atom. The minimum absolute atomic E-state index is 0.00649. The van der Waals surface area contributed by atoms with Crippen molar-refractivity contribution in [2.45, 2.75) is 38.4 Å². The van der Waals surface area contributed by atoms with Crippen LogP contribution in [0.2, 0.25) is 0 Å². The van der Waals surface area contributed by atoms with Crippen molar-refractivity contribution in [2.24, 2.45) is 0 Å². The number of aliphatic carboxylic acids is 1. The third-order valence-corrected chi connectivity index (χ3v) is 6.79. The highest BCUT2D eigenvalue weighted by molar-refractivity contribution is 5.94. The number of alkyl halides is 6. The number of carbonyl (C=O) groups excluding carboxylic acids is 1. The molecule has 4 aromatic rings. The molecule has 4 rings (SSSR count). The normalized spacial score (nSPS) is 12.3. The summed E-state index contributed by atoms with van der Waals surface area (Å²) < 4.78 is 83.8. The highest BCUT2D eigenvalue weighted by Crippen LogP contribution is 2.37. The molecule has 236 valence electrons. The van der Waals surface area contributed by atoms with E-state index in [9.17, 15) is 35.9 Å². The van der Waals surface area contributed by atoms with Crippen LogP contribution in [-0.4, -0.2) is 36.3 Å². The average molecular weight is 632 g/mol. The minimum atomic E-state index is -4.84. The Bertz CT molecular complexity index is 1620. The Hall–Kier alpha value is -5.00. The lowest BCUT2D eigenvalue weighted by Crippen LogP contribution is -2.25. The Morgan fingerprint density at radius 1 is 0.733 bits per heavy atom. The van der Waals surface area contributed by atoms with Crippen LogP contribution in [0.25, 0.3) is 22.3 Å². The van der Waals surface area contributed by atoms with Crippen molar-refractivity contribution in [2.75, 3.05) is 6.54 Å². The summed E-state index contributed by atoms with van der Waals surface area (Å²) in [7, 11) is 0. The van der Waals surface area contributed by atoms with E-state index in [-0.39, 0.29) is 30.4 Å². The molecule has 45 heavy (non-hydrogen) atoms. The number of ether oxygens (including phenoxy) is 2. The number of carbonyl (C=O) groups is 2. The van der Waals surface area contributed by atoms with Crippen molar-refractivity contribution in [1.29, 1.82) is 0 Å². The van der Waals surface area contributed by atoms with Crippen LogP contribution in [0.5, 0.6) is 11.5 Å². The summed E-state index contributed by atoms with van der Waals surface area (Å²) in [5.74, 6) is -2.33. The summed E-state index contributed by atoms with van der Waals surface area (Å²) in [6.45, 7) is 1.95. The summed E-state index contributed by atoms with van der Waals surface area (Å²) in [6, 6.07) is 23.1. The summed E-state index contributed by atoms with van der Waals surface area (Å²) in [6.07, 6.45) is -9.36. The van der Waals surface area contributed by atoms with Gasteiger partial charge >= 0.3 is 18.7 Å². The lowest BCUT2D eigenvalue weighted by molar-refractivity contribution is -0.275. The van der Waals surface area contributed by atoms with Gasteiger partial charge in [0, 0.05) is 12.1 Å². The molecule has 0 bridgehead atoms. The molecule has 1 amide bonds. The molecule has 0 saturated carbocycles. The number of carboxylic acids is 1. The van der Waals surface area contributed by atoms with E-state index in [1.807, 2.05) is 13.0 Å². The van der Waals surface area contributed by atoms with Crippen LogP contribution in [0.3, 0.4) is 0 Å². The first kappa shape index (κ1) is 32.9. The van der Waals surface area contributed by atoms with Crippen LogP contribution in [0.1, 0.15) is 40.7 Å². The minimum Gasteiger partial charge on any atom is -0.481 e. The predicted molar refractivity (Wildman–Crippen MR) is 154 cm³/mol. The molecule has 0 aliphatic rings. The highest BCUT2D eigenvalue weighted by Gasteiger charge is 2.31. The van der Waals surface area contributed by atoms with Crippen LogP contribution in [0.4, 0.5) is 26.3 Å².